The lowest BCUT2D eigenvalue weighted by Gasteiger charge is -2.14. The van der Waals surface area contributed by atoms with E-state index in [-0.39, 0.29) is 6.42 Å². The molecule has 0 aliphatic rings. The van der Waals surface area contributed by atoms with Crippen LogP contribution in [0.15, 0.2) is 18.3 Å². The highest BCUT2D eigenvalue weighted by molar-refractivity contribution is 5.69. The van der Waals surface area contributed by atoms with Crippen molar-refractivity contribution in [1.82, 2.24) is 4.98 Å². The zero-order chi connectivity index (χ0) is 10.8. The number of halogens is 1. The van der Waals surface area contributed by atoms with Crippen LogP contribution in [-0.2, 0) is 16.9 Å². The van der Waals surface area contributed by atoms with Crippen LogP contribution in [0.25, 0.3) is 0 Å². The average molecular weight is 197 g/mol. The molecule has 0 saturated heterocycles. The first kappa shape index (κ1) is 10.6. The number of nitrogens with zero attached hydrogens (tertiary/aromatic N) is 1. The Balaban J connectivity index is 2.95. The molecule has 0 bridgehead atoms. The predicted octanol–water partition coefficient (Wildman–Crippen LogP) is 1.91. The molecule has 0 aliphatic carbocycles. The van der Waals surface area contributed by atoms with E-state index < -0.39 is 11.6 Å². The zero-order valence-electron chi connectivity index (χ0n) is 8.12. The van der Waals surface area contributed by atoms with Crippen molar-refractivity contribution < 1.29 is 14.3 Å². The normalized spacial score (nSPS) is 11.4. The minimum atomic E-state index is -1.46. The van der Waals surface area contributed by atoms with E-state index >= 15 is 0 Å². The Labute approximate surface area is 81.6 Å². The van der Waals surface area contributed by atoms with Gasteiger partial charge >= 0.3 is 5.97 Å². The van der Waals surface area contributed by atoms with Gasteiger partial charge in [0.2, 0.25) is 0 Å². The van der Waals surface area contributed by atoms with Crippen LogP contribution in [0.5, 0.6) is 0 Å². The van der Waals surface area contributed by atoms with Gasteiger partial charge in [-0.25, -0.2) is 4.39 Å². The molecule has 1 aromatic rings. The van der Waals surface area contributed by atoms with E-state index in [0.717, 1.165) is 0 Å². The van der Waals surface area contributed by atoms with Gasteiger partial charge in [0.25, 0.3) is 0 Å². The Bertz CT molecular complexity index is 344. The first-order valence-corrected chi connectivity index (χ1v) is 4.25. The molecule has 0 unspecified atom stereocenters. The van der Waals surface area contributed by atoms with Gasteiger partial charge in [0.15, 0.2) is 0 Å². The SMILES string of the molecule is CC(C)(F)c1ccnc(CC(=O)O)c1. The van der Waals surface area contributed by atoms with E-state index in [4.69, 9.17) is 5.11 Å². The molecule has 4 heteroatoms. The summed E-state index contributed by atoms with van der Waals surface area (Å²) < 4.78 is 13.5. The highest BCUT2D eigenvalue weighted by Gasteiger charge is 2.19. The number of rotatable bonds is 3. The molecule has 0 spiro atoms. The largest absolute Gasteiger partial charge is 0.481 e. The van der Waals surface area contributed by atoms with E-state index in [1.165, 1.54) is 26.1 Å². The summed E-state index contributed by atoms with van der Waals surface area (Å²) in [5.74, 6) is -0.966. The zero-order valence-corrected chi connectivity index (χ0v) is 8.12. The third-order valence-corrected chi connectivity index (χ3v) is 1.84. The van der Waals surface area contributed by atoms with Crippen LogP contribution in [0.2, 0.25) is 0 Å². The number of pyridine rings is 1. The van der Waals surface area contributed by atoms with Gasteiger partial charge in [0.05, 0.1) is 12.1 Å². The van der Waals surface area contributed by atoms with Crippen LogP contribution < -0.4 is 0 Å². The maximum absolute atomic E-state index is 13.5. The lowest BCUT2D eigenvalue weighted by molar-refractivity contribution is -0.136. The van der Waals surface area contributed by atoms with Crippen molar-refractivity contribution in [2.75, 3.05) is 0 Å². The van der Waals surface area contributed by atoms with Gasteiger partial charge in [-0.1, -0.05) is 0 Å². The molecule has 0 aliphatic heterocycles. The maximum atomic E-state index is 13.5. The lowest BCUT2D eigenvalue weighted by atomic mass is 10.0. The molecule has 1 N–H and O–H groups in total. The smallest absolute Gasteiger partial charge is 0.309 e. The van der Waals surface area contributed by atoms with Crippen molar-refractivity contribution >= 4 is 5.97 Å². The molecule has 1 rings (SSSR count). The number of carbonyl (C=O) groups is 1. The van der Waals surface area contributed by atoms with Gasteiger partial charge in [-0.15, -0.1) is 0 Å². The van der Waals surface area contributed by atoms with Crippen molar-refractivity contribution in [1.29, 1.82) is 0 Å². The minimum absolute atomic E-state index is 0.177. The van der Waals surface area contributed by atoms with Gasteiger partial charge < -0.3 is 5.11 Å². The molecule has 0 aromatic carbocycles. The van der Waals surface area contributed by atoms with Gasteiger partial charge in [-0.3, -0.25) is 9.78 Å². The van der Waals surface area contributed by atoms with Crippen molar-refractivity contribution in [3.05, 3.63) is 29.6 Å². The molecule has 0 radical (unpaired) electrons. The summed E-state index contributed by atoms with van der Waals surface area (Å²) in [7, 11) is 0. The second-order valence-corrected chi connectivity index (χ2v) is 3.58. The molecular formula is C10H12FNO2. The summed E-state index contributed by atoms with van der Waals surface area (Å²) in [5, 5.41) is 8.53. The van der Waals surface area contributed by atoms with Gasteiger partial charge in [0.1, 0.15) is 5.67 Å². The molecule has 3 nitrogen and oxygen atoms in total. The Morgan fingerprint density at radius 3 is 2.79 bits per heavy atom. The van der Waals surface area contributed by atoms with Crippen molar-refractivity contribution in [3.63, 3.8) is 0 Å². The van der Waals surface area contributed by atoms with E-state index in [9.17, 15) is 9.18 Å². The summed E-state index contributed by atoms with van der Waals surface area (Å²) in [4.78, 5) is 14.2. The molecule has 1 aromatic heterocycles. The van der Waals surface area contributed by atoms with E-state index in [1.807, 2.05) is 0 Å². The standard InChI is InChI=1S/C10H12FNO2/c1-10(2,11)7-3-4-12-8(5-7)6-9(13)14/h3-5H,6H2,1-2H3,(H,13,14). The van der Waals surface area contributed by atoms with E-state index in [2.05, 4.69) is 4.98 Å². The predicted molar refractivity (Wildman–Crippen MR) is 49.7 cm³/mol. The first-order valence-electron chi connectivity index (χ1n) is 4.25. The van der Waals surface area contributed by atoms with Crippen LogP contribution in [0, 0.1) is 0 Å². The van der Waals surface area contributed by atoms with Crippen LogP contribution in [-0.4, -0.2) is 16.1 Å². The molecule has 14 heavy (non-hydrogen) atoms. The second kappa shape index (κ2) is 3.74. The highest BCUT2D eigenvalue weighted by Crippen LogP contribution is 2.24. The van der Waals surface area contributed by atoms with Crippen LogP contribution >= 0.6 is 0 Å². The summed E-state index contributed by atoms with van der Waals surface area (Å²) in [6.45, 7) is 2.85. The van der Waals surface area contributed by atoms with Crippen molar-refractivity contribution in [2.24, 2.45) is 0 Å². The van der Waals surface area contributed by atoms with Crippen molar-refractivity contribution in [3.8, 4) is 0 Å². The molecule has 0 amide bonds. The van der Waals surface area contributed by atoms with Gasteiger partial charge in [-0.2, -0.15) is 0 Å². The van der Waals surface area contributed by atoms with E-state index in [0.29, 0.717) is 11.3 Å². The number of hydrogen-bond acceptors (Lipinski definition) is 2. The van der Waals surface area contributed by atoms with Crippen LogP contribution in [0.1, 0.15) is 25.1 Å². The number of alkyl halides is 1. The number of hydrogen-bond donors (Lipinski definition) is 1. The molecule has 76 valence electrons. The van der Waals surface area contributed by atoms with Gasteiger partial charge in [-0.05, 0) is 31.5 Å². The molecule has 1 heterocycles. The Morgan fingerprint density at radius 2 is 2.29 bits per heavy atom. The van der Waals surface area contributed by atoms with E-state index in [1.54, 1.807) is 6.07 Å². The Kier molecular flexibility index (Phi) is 2.84. The van der Waals surface area contributed by atoms with Crippen molar-refractivity contribution in [2.45, 2.75) is 25.9 Å². The Morgan fingerprint density at radius 1 is 1.64 bits per heavy atom. The number of aliphatic carboxylic acids is 1. The lowest BCUT2D eigenvalue weighted by Crippen LogP contribution is -2.11. The second-order valence-electron chi connectivity index (χ2n) is 3.58. The minimum Gasteiger partial charge on any atom is -0.481 e. The van der Waals surface area contributed by atoms with Gasteiger partial charge in [0, 0.05) is 6.20 Å². The quantitative estimate of drug-likeness (QED) is 0.805. The first-order chi connectivity index (χ1) is 6.39. The fourth-order valence-corrected chi connectivity index (χ4v) is 1.10. The summed E-state index contributed by atoms with van der Waals surface area (Å²) in [6.07, 6.45) is 1.25. The summed E-state index contributed by atoms with van der Waals surface area (Å²) >= 11 is 0. The third-order valence-electron chi connectivity index (χ3n) is 1.84. The fourth-order valence-electron chi connectivity index (χ4n) is 1.10. The topological polar surface area (TPSA) is 50.2 Å². The third kappa shape index (κ3) is 2.80. The highest BCUT2D eigenvalue weighted by atomic mass is 19.1. The van der Waals surface area contributed by atoms with Crippen LogP contribution in [0.3, 0.4) is 0 Å². The monoisotopic (exact) mass is 197 g/mol. The number of aromatic nitrogens is 1. The summed E-state index contributed by atoms with van der Waals surface area (Å²) in [6, 6.07) is 3.03. The number of carboxylic acids is 1. The average Bonchev–Trinajstić information content (AvgIpc) is 2.01. The summed E-state index contributed by atoms with van der Waals surface area (Å²) in [5.41, 5.74) is -0.639. The number of carboxylic acid groups (broad SMARTS) is 1. The maximum Gasteiger partial charge on any atom is 0.309 e. The molecule has 0 atom stereocenters. The molecule has 0 saturated carbocycles. The molecule has 0 fully saturated rings. The fraction of sp³-hybridized carbons (Fsp3) is 0.400. The molecular weight excluding hydrogens is 185 g/mol. The van der Waals surface area contributed by atoms with Crippen LogP contribution in [0.4, 0.5) is 4.39 Å². The Hall–Kier alpha value is -1.45.